The molecule has 0 aliphatic heterocycles. The Morgan fingerprint density at radius 2 is 1.19 bits per heavy atom. The van der Waals surface area contributed by atoms with Gasteiger partial charge in [-0.15, -0.1) is 12.6 Å². The molecule has 0 amide bonds. The second-order valence-electron chi connectivity index (χ2n) is 3.83. The van der Waals surface area contributed by atoms with Gasteiger partial charge in [-0.05, 0) is 48.2 Å². The molecule has 2 rings (SSSR count). The van der Waals surface area contributed by atoms with Gasteiger partial charge in [-0.3, -0.25) is 0 Å². The number of phenols is 1. The molecule has 0 saturated carbocycles. The predicted octanol–water partition coefficient (Wildman–Crippen LogP) is 3.47. The zero-order chi connectivity index (χ0) is 11.4. The third-order valence-corrected chi connectivity index (χ3v) is 2.87. The normalized spacial score (nSPS) is 10.3. The van der Waals surface area contributed by atoms with Crippen LogP contribution in [0.2, 0.25) is 0 Å². The van der Waals surface area contributed by atoms with Crippen molar-refractivity contribution in [3.05, 3.63) is 59.7 Å². The van der Waals surface area contributed by atoms with Crippen molar-refractivity contribution < 1.29 is 5.11 Å². The number of hydrogen-bond acceptors (Lipinski definition) is 2. The topological polar surface area (TPSA) is 20.2 Å². The van der Waals surface area contributed by atoms with Gasteiger partial charge in [0.25, 0.3) is 0 Å². The molecule has 0 saturated heterocycles. The summed E-state index contributed by atoms with van der Waals surface area (Å²) in [6.45, 7) is 0. The Hall–Kier alpha value is -1.41. The molecule has 0 heterocycles. The van der Waals surface area contributed by atoms with E-state index < -0.39 is 0 Å². The lowest BCUT2D eigenvalue weighted by molar-refractivity contribution is 0.475. The minimum absolute atomic E-state index is 0.322. The number of aryl methyl sites for hydroxylation is 2. The maximum Gasteiger partial charge on any atom is 0.115 e. The highest BCUT2D eigenvalue weighted by Crippen LogP contribution is 2.13. The van der Waals surface area contributed by atoms with Crippen molar-refractivity contribution >= 4 is 12.6 Å². The summed E-state index contributed by atoms with van der Waals surface area (Å²) >= 11 is 4.25. The molecule has 2 aromatic rings. The number of rotatable bonds is 3. The van der Waals surface area contributed by atoms with E-state index >= 15 is 0 Å². The van der Waals surface area contributed by atoms with Crippen LogP contribution < -0.4 is 0 Å². The molecule has 0 aliphatic carbocycles. The Morgan fingerprint density at radius 1 is 0.750 bits per heavy atom. The Bertz CT molecular complexity index is 400. The van der Waals surface area contributed by atoms with Crippen LogP contribution in [0.25, 0.3) is 0 Å². The second-order valence-corrected chi connectivity index (χ2v) is 4.35. The zero-order valence-corrected chi connectivity index (χ0v) is 9.82. The summed E-state index contributed by atoms with van der Waals surface area (Å²) in [6, 6.07) is 15.6. The van der Waals surface area contributed by atoms with Gasteiger partial charge < -0.3 is 5.11 Å². The van der Waals surface area contributed by atoms with E-state index in [1.807, 2.05) is 24.3 Å². The highest BCUT2D eigenvalue weighted by molar-refractivity contribution is 7.80. The Labute approximate surface area is 101 Å². The molecule has 0 radical (unpaired) electrons. The molecule has 16 heavy (non-hydrogen) atoms. The molecule has 2 aromatic carbocycles. The van der Waals surface area contributed by atoms with Crippen molar-refractivity contribution in [2.24, 2.45) is 0 Å². The highest BCUT2D eigenvalue weighted by Gasteiger charge is 1.96. The van der Waals surface area contributed by atoms with Crippen LogP contribution in [0.5, 0.6) is 5.75 Å². The summed E-state index contributed by atoms with van der Waals surface area (Å²) in [5, 5.41) is 9.16. The van der Waals surface area contributed by atoms with E-state index in [2.05, 4.69) is 24.8 Å². The Balaban J connectivity index is 1.97. The molecule has 0 aromatic heterocycles. The Morgan fingerprint density at radius 3 is 1.69 bits per heavy atom. The first kappa shape index (κ1) is 11.1. The molecular weight excluding hydrogens is 216 g/mol. The summed E-state index contributed by atoms with van der Waals surface area (Å²) in [5.41, 5.74) is 2.55. The van der Waals surface area contributed by atoms with Crippen LogP contribution in [0.3, 0.4) is 0 Å². The lowest BCUT2D eigenvalue weighted by Gasteiger charge is -2.02. The third kappa shape index (κ3) is 3.04. The van der Waals surface area contributed by atoms with E-state index in [4.69, 9.17) is 5.11 Å². The summed E-state index contributed by atoms with van der Waals surface area (Å²) in [4.78, 5) is 0.994. The standard InChI is InChI=1S/C14H14OS/c15-13-7-3-11(4-8-13)1-2-12-5-9-14(16)10-6-12/h3-10,15-16H,1-2H2. The van der Waals surface area contributed by atoms with Crippen molar-refractivity contribution in [1.29, 1.82) is 0 Å². The summed E-state index contributed by atoms with van der Waals surface area (Å²) in [5.74, 6) is 0.322. The molecule has 0 unspecified atom stereocenters. The molecule has 0 aliphatic rings. The van der Waals surface area contributed by atoms with Crippen LogP contribution in [0, 0.1) is 0 Å². The van der Waals surface area contributed by atoms with E-state index in [1.54, 1.807) is 12.1 Å². The average Bonchev–Trinajstić information content (AvgIpc) is 2.30. The van der Waals surface area contributed by atoms with Crippen LogP contribution >= 0.6 is 12.6 Å². The quantitative estimate of drug-likeness (QED) is 0.774. The van der Waals surface area contributed by atoms with E-state index in [0.29, 0.717) is 5.75 Å². The summed E-state index contributed by atoms with van der Waals surface area (Å²) in [7, 11) is 0. The van der Waals surface area contributed by atoms with Gasteiger partial charge in [0.05, 0.1) is 0 Å². The molecular formula is C14H14OS. The largest absolute Gasteiger partial charge is 0.508 e. The summed E-state index contributed by atoms with van der Waals surface area (Å²) < 4.78 is 0. The fourth-order valence-electron chi connectivity index (χ4n) is 1.61. The molecule has 2 heteroatoms. The first-order valence-corrected chi connectivity index (χ1v) is 5.74. The fraction of sp³-hybridized carbons (Fsp3) is 0.143. The van der Waals surface area contributed by atoms with Crippen molar-refractivity contribution in [3.8, 4) is 5.75 Å². The van der Waals surface area contributed by atoms with Crippen LogP contribution in [0.1, 0.15) is 11.1 Å². The van der Waals surface area contributed by atoms with Gasteiger partial charge in [-0.2, -0.15) is 0 Å². The van der Waals surface area contributed by atoms with Crippen molar-refractivity contribution in [2.45, 2.75) is 17.7 Å². The van der Waals surface area contributed by atoms with E-state index in [-0.39, 0.29) is 0 Å². The zero-order valence-electron chi connectivity index (χ0n) is 8.93. The van der Waals surface area contributed by atoms with Crippen molar-refractivity contribution in [2.75, 3.05) is 0 Å². The number of aromatic hydroxyl groups is 1. The maximum atomic E-state index is 9.16. The molecule has 82 valence electrons. The molecule has 0 bridgehead atoms. The van der Waals surface area contributed by atoms with E-state index in [1.165, 1.54) is 11.1 Å². The van der Waals surface area contributed by atoms with E-state index in [0.717, 1.165) is 17.7 Å². The van der Waals surface area contributed by atoms with Crippen LogP contribution in [0.4, 0.5) is 0 Å². The molecule has 0 atom stereocenters. The lowest BCUT2D eigenvalue weighted by Crippen LogP contribution is -1.90. The van der Waals surface area contributed by atoms with Gasteiger partial charge in [-0.1, -0.05) is 24.3 Å². The first-order chi connectivity index (χ1) is 7.74. The van der Waals surface area contributed by atoms with Crippen LogP contribution in [-0.2, 0) is 12.8 Å². The third-order valence-electron chi connectivity index (χ3n) is 2.58. The van der Waals surface area contributed by atoms with Crippen LogP contribution in [-0.4, -0.2) is 5.11 Å². The maximum absolute atomic E-state index is 9.16. The first-order valence-electron chi connectivity index (χ1n) is 5.30. The second kappa shape index (κ2) is 5.08. The van der Waals surface area contributed by atoms with Gasteiger partial charge >= 0.3 is 0 Å². The fourth-order valence-corrected chi connectivity index (χ4v) is 1.76. The van der Waals surface area contributed by atoms with Gasteiger partial charge in [-0.25, -0.2) is 0 Å². The van der Waals surface area contributed by atoms with Crippen molar-refractivity contribution in [1.82, 2.24) is 0 Å². The number of thiol groups is 1. The number of hydrogen-bond donors (Lipinski definition) is 2. The molecule has 1 N–H and O–H groups in total. The number of phenolic OH excluding ortho intramolecular Hbond substituents is 1. The minimum atomic E-state index is 0.322. The monoisotopic (exact) mass is 230 g/mol. The van der Waals surface area contributed by atoms with Gasteiger partial charge in [0.15, 0.2) is 0 Å². The van der Waals surface area contributed by atoms with Crippen molar-refractivity contribution in [3.63, 3.8) is 0 Å². The van der Waals surface area contributed by atoms with E-state index in [9.17, 15) is 0 Å². The SMILES string of the molecule is Oc1ccc(CCc2ccc(S)cc2)cc1. The predicted molar refractivity (Wildman–Crippen MR) is 69.2 cm³/mol. The van der Waals surface area contributed by atoms with Gasteiger partial charge in [0.2, 0.25) is 0 Å². The van der Waals surface area contributed by atoms with Crippen LogP contribution in [0.15, 0.2) is 53.4 Å². The lowest BCUT2D eigenvalue weighted by atomic mass is 10.0. The van der Waals surface area contributed by atoms with Gasteiger partial charge in [0, 0.05) is 4.90 Å². The molecule has 1 nitrogen and oxygen atoms in total. The van der Waals surface area contributed by atoms with Gasteiger partial charge in [0.1, 0.15) is 5.75 Å². The minimum Gasteiger partial charge on any atom is -0.508 e. The molecule has 0 fully saturated rings. The smallest absolute Gasteiger partial charge is 0.115 e. The Kier molecular flexibility index (Phi) is 3.52. The summed E-state index contributed by atoms with van der Waals surface area (Å²) in [6.07, 6.45) is 2.00. The average molecular weight is 230 g/mol. The molecule has 0 spiro atoms. The highest BCUT2D eigenvalue weighted by atomic mass is 32.1. The number of benzene rings is 2.